The van der Waals surface area contributed by atoms with Gasteiger partial charge in [-0.05, 0) is 92.6 Å². The minimum absolute atomic E-state index is 0.302. The van der Waals surface area contributed by atoms with Crippen LogP contribution >= 0.6 is 0 Å². The second-order valence-electron chi connectivity index (χ2n) is 7.59. The van der Waals surface area contributed by atoms with Gasteiger partial charge in [0.25, 0.3) is 0 Å². The molecule has 0 bridgehead atoms. The molecule has 33 heavy (non-hydrogen) atoms. The van der Waals surface area contributed by atoms with Crippen molar-refractivity contribution in [2.75, 3.05) is 24.6 Å². The zero-order valence-corrected chi connectivity index (χ0v) is 18.4. The number of ether oxygens (including phenoxy) is 2. The number of esters is 2. The molecule has 0 atom stereocenters. The van der Waals surface area contributed by atoms with E-state index < -0.39 is 11.9 Å². The third-order valence-electron chi connectivity index (χ3n) is 5.28. The fraction of sp³-hybridized carbons (Fsp3) is 0.231. The molecule has 1 aliphatic heterocycles. The summed E-state index contributed by atoms with van der Waals surface area (Å²) < 4.78 is 10.3. The van der Waals surface area contributed by atoms with E-state index in [9.17, 15) is 9.59 Å². The lowest BCUT2D eigenvalue weighted by Gasteiger charge is -2.17. The molecule has 0 aromatic heterocycles. The van der Waals surface area contributed by atoms with E-state index in [0.717, 1.165) is 18.8 Å². The number of carbonyl (C=O) groups is 2. The highest BCUT2D eigenvalue weighted by molar-refractivity contribution is 5.92. The summed E-state index contributed by atoms with van der Waals surface area (Å²) in [7, 11) is 0. The number of nitrogens with zero attached hydrogens (tertiary/aromatic N) is 3. The quantitative estimate of drug-likeness (QED) is 0.250. The highest BCUT2D eigenvalue weighted by Crippen LogP contribution is 2.25. The average Bonchev–Trinajstić information content (AvgIpc) is 3.39. The largest absolute Gasteiger partial charge is 0.462 e. The molecule has 3 aromatic carbocycles. The van der Waals surface area contributed by atoms with Crippen molar-refractivity contribution >= 4 is 29.0 Å². The lowest BCUT2D eigenvalue weighted by atomic mass is 10.2. The Morgan fingerprint density at radius 3 is 1.85 bits per heavy atom. The van der Waals surface area contributed by atoms with Gasteiger partial charge in [0.2, 0.25) is 0 Å². The highest BCUT2D eigenvalue weighted by atomic mass is 16.5. The molecule has 3 aromatic rings. The molecule has 0 aliphatic carbocycles. The van der Waals surface area contributed by atoms with Crippen molar-refractivity contribution in [3.05, 3.63) is 83.9 Å². The number of hydrogen-bond acceptors (Lipinski definition) is 7. The van der Waals surface area contributed by atoms with E-state index in [1.807, 2.05) is 12.1 Å². The summed E-state index contributed by atoms with van der Waals surface area (Å²) in [6, 6.07) is 21.0. The molecular formula is C26H25N3O4. The zero-order valence-electron chi connectivity index (χ0n) is 18.4. The van der Waals surface area contributed by atoms with Crippen LogP contribution < -0.4 is 9.64 Å². The molecule has 0 spiro atoms. The summed E-state index contributed by atoms with van der Waals surface area (Å²) >= 11 is 0. The molecule has 0 saturated carbocycles. The van der Waals surface area contributed by atoms with E-state index in [2.05, 4.69) is 27.3 Å². The van der Waals surface area contributed by atoms with Gasteiger partial charge >= 0.3 is 11.9 Å². The van der Waals surface area contributed by atoms with Crippen LogP contribution in [0.25, 0.3) is 0 Å². The van der Waals surface area contributed by atoms with Crippen LogP contribution in [0.3, 0.4) is 0 Å². The molecule has 0 unspecified atom stereocenters. The van der Waals surface area contributed by atoms with Crippen LogP contribution in [0.15, 0.2) is 83.0 Å². The molecule has 1 aliphatic rings. The first-order chi connectivity index (χ1) is 16.1. The number of hydrogen-bond donors (Lipinski definition) is 0. The Hall–Kier alpha value is -4.00. The summed E-state index contributed by atoms with van der Waals surface area (Å²) in [5, 5.41) is 8.52. The Bertz CT molecular complexity index is 1120. The van der Waals surface area contributed by atoms with Gasteiger partial charge in [-0.1, -0.05) is 0 Å². The standard InChI is InChI=1S/C26H25N3O4/c1-2-32-25(30)19-7-15-24(16-8-19)33-26(31)20-5-9-21(10-6-20)27-28-22-11-13-23(14-12-22)29-17-3-4-18-29/h5-16H,2-4,17-18H2,1H3. The predicted octanol–water partition coefficient (Wildman–Crippen LogP) is 6.10. The summed E-state index contributed by atoms with van der Waals surface area (Å²) in [5.74, 6) is -0.572. The van der Waals surface area contributed by atoms with Gasteiger partial charge < -0.3 is 14.4 Å². The summed E-state index contributed by atoms with van der Waals surface area (Å²) in [6.45, 7) is 4.26. The SMILES string of the molecule is CCOC(=O)c1ccc(OC(=O)c2ccc(N=Nc3ccc(N4CCCC4)cc3)cc2)cc1. The Morgan fingerprint density at radius 2 is 1.27 bits per heavy atom. The fourth-order valence-electron chi connectivity index (χ4n) is 3.52. The molecule has 7 heteroatoms. The van der Waals surface area contributed by atoms with Crippen LogP contribution in [-0.4, -0.2) is 31.6 Å². The predicted molar refractivity (Wildman–Crippen MR) is 126 cm³/mol. The van der Waals surface area contributed by atoms with Gasteiger partial charge in [0, 0.05) is 18.8 Å². The molecule has 168 valence electrons. The summed E-state index contributed by atoms with van der Waals surface area (Å²) in [6.07, 6.45) is 2.49. The molecule has 1 heterocycles. The smallest absolute Gasteiger partial charge is 0.343 e. The van der Waals surface area contributed by atoms with Crippen molar-refractivity contribution in [2.45, 2.75) is 19.8 Å². The molecule has 4 rings (SSSR count). The van der Waals surface area contributed by atoms with Crippen molar-refractivity contribution in [2.24, 2.45) is 10.2 Å². The van der Waals surface area contributed by atoms with Crippen molar-refractivity contribution < 1.29 is 19.1 Å². The first-order valence-corrected chi connectivity index (χ1v) is 11.0. The van der Waals surface area contributed by atoms with Crippen LogP contribution in [0.4, 0.5) is 17.1 Å². The van der Waals surface area contributed by atoms with Gasteiger partial charge in [-0.2, -0.15) is 10.2 Å². The average molecular weight is 444 g/mol. The summed E-state index contributed by atoms with van der Waals surface area (Å²) in [5.41, 5.74) is 3.40. The summed E-state index contributed by atoms with van der Waals surface area (Å²) in [4.78, 5) is 26.5. The highest BCUT2D eigenvalue weighted by Gasteiger charge is 2.12. The number of benzene rings is 3. The Morgan fingerprint density at radius 1 is 0.758 bits per heavy atom. The van der Waals surface area contributed by atoms with Gasteiger partial charge in [-0.3, -0.25) is 0 Å². The zero-order chi connectivity index (χ0) is 23.0. The molecule has 0 radical (unpaired) electrons. The normalized spacial score (nSPS) is 13.3. The van der Waals surface area contributed by atoms with Gasteiger partial charge in [0.15, 0.2) is 0 Å². The molecule has 0 N–H and O–H groups in total. The minimum atomic E-state index is -0.500. The van der Waals surface area contributed by atoms with Crippen molar-refractivity contribution in [3.63, 3.8) is 0 Å². The fourth-order valence-corrected chi connectivity index (χ4v) is 3.52. The van der Waals surface area contributed by atoms with Crippen LogP contribution in [0.5, 0.6) is 5.75 Å². The topological polar surface area (TPSA) is 80.6 Å². The van der Waals surface area contributed by atoms with Gasteiger partial charge in [-0.25, -0.2) is 9.59 Å². The third kappa shape index (κ3) is 5.83. The number of carbonyl (C=O) groups excluding carboxylic acids is 2. The van der Waals surface area contributed by atoms with Crippen LogP contribution in [0.1, 0.15) is 40.5 Å². The lowest BCUT2D eigenvalue weighted by molar-refractivity contribution is 0.0526. The van der Waals surface area contributed by atoms with E-state index in [0.29, 0.717) is 29.2 Å². The van der Waals surface area contributed by atoms with Crippen LogP contribution in [-0.2, 0) is 4.74 Å². The minimum Gasteiger partial charge on any atom is -0.462 e. The van der Waals surface area contributed by atoms with Crippen molar-refractivity contribution in [1.82, 2.24) is 0 Å². The van der Waals surface area contributed by atoms with Crippen LogP contribution in [0.2, 0.25) is 0 Å². The lowest BCUT2D eigenvalue weighted by Crippen LogP contribution is -2.17. The Balaban J connectivity index is 1.33. The monoisotopic (exact) mass is 443 g/mol. The molecule has 7 nitrogen and oxygen atoms in total. The van der Waals surface area contributed by atoms with E-state index in [1.165, 1.54) is 18.5 Å². The Kier molecular flexibility index (Phi) is 7.09. The first kappa shape index (κ1) is 22.2. The molecule has 1 fully saturated rings. The molecule has 0 amide bonds. The van der Waals surface area contributed by atoms with Gasteiger partial charge in [-0.15, -0.1) is 0 Å². The van der Waals surface area contributed by atoms with E-state index >= 15 is 0 Å². The van der Waals surface area contributed by atoms with E-state index in [4.69, 9.17) is 9.47 Å². The second kappa shape index (κ2) is 10.5. The number of azo groups is 1. The second-order valence-corrected chi connectivity index (χ2v) is 7.59. The van der Waals surface area contributed by atoms with Crippen molar-refractivity contribution in [1.29, 1.82) is 0 Å². The number of anilines is 1. The molecular weight excluding hydrogens is 418 g/mol. The van der Waals surface area contributed by atoms with E-state index in [-0.39, 0.29) is 0 Å². The maximum atomic E-state index is 12.4. The van der Waals surface area contributed by atoms with E-state index in [1.54, 1.807) is 55.5 Å². The maximum absolute atomic E-state index is 12.4. The number of rotatable bonds is 7. The third-order valence-corrected chi connectivity index (χ3v) is 5.28. The maximum Gasteiger partial charge on any atom is 0.343 e. The Labute approximate surface area is 192 Å². The first-order valence-electron chi connectivity index (χ1n) is 11.0. The van der Waals surface area contributed by atoms with Gasteiger partial charge in [0.1, 0.15) is 5.75 Å². The van der Waals surface area contributed by atoms with Crippen molar-refractivity contribution in [3.8, 4) is 5.75 Å². The van der Waals surface area contributed by atoms with Gasteiger partial charge in [0.05, 0.1) is 29.1 Å². The molecule has 1 saturated heterocycles. The van der Waals surface area contributed by atoms with Crippen LogP contribution in [0, 0.1) is 0 Å².